The molecule has 0 aliphatic heterocycles. The number of nitrogens with zero attached hydrogens (tertiary/aromatic N) is 2. The molecule has 112 valence electrons. The lowest BCUT2D eigenvalue weighted by Gasteiger charge is -2.27. The van der Waals surface area contributed by atoms with Gasteiger partial charge in [-0.1, -0.05) is 28.1 Å². The molecule has 0 fully saturated rings. The maximum absolute atomic E-state index is 9.99. The summed E-state index contributed by atoms with van der Waals surface area (Å²) in [6.07, 6.45) is -0.493. The molecule has 0 spiro atoms. The number of aliphatic hydroxyl groups excluding tert-OH is 1. The molecule has 2 aromatic rings. The van der Waals surface area contributed by atoms with Crippen molar-refractivity contribution in [1.29, 1.82) is 0 Å². The van der Waals surface area contributed by atoms with Crippen LogP contribution in [0.3, 0.4) is 0 Å². The van der Waals surface area contributed by atoms with E-state index in [-0.39, 0.29) is 0 Å². The Balaban J connectivity index is 2.35. The number of benzene rings is 1. The first-order valence-corrected chi connectivity index (χ1v) is 7.95. The summed E-state index contributed by atoms with van der Waals surface area (Å²) in [4.78, 5) is 6.80. The van der Waals surface area contributed by atoms with E-state index in [9.17, 15) is 5.11 Å². The van der Waals surface area contributed by atoms with Crippen molar-refractivity contribution in [3.63, 3.8) is 0 Å². The summed E-state index contributed by atoms with van der Waals surface area (Å²) in [5.41, 5.74) is 4.04. The van der Waals surface area contributed by atoms with E-state index in [1.54, 1.807) is 6.92 Å². The van der Waals surface area contributed by atoms with Gasteiger partial charge >= 0.3 is 0 Å². The molecular formula is C17H21BrN2O. The average Bonchev–Trinajstić information content (AvgIpc) is 2.44. The van der Waals surface area contributed by atoms with Crippen LogP contribution in [0.2, 0.25) is 0 Å². The topological polar surface area (TPSA) is 36.4 Å². The number of anilines is 1. The zero-order chi connectivity index (χ0) is 15.4. The Bertz CT molecular complexity index is 613. The second kappa shape index (κ2) is 7.05. The Kier molecular flexibility index (Phi) is 5.37. The SMILES string of the molecule is CCN(Cc1cccc(C)n1)c1cc(Br)ccc1C(C)O. The Morgan fingerprint density at radius 1 is 1.29 bits per heavy atom. The Labute approximate surface area is 134 Å². The van der Waals surface area contributed by atoms with E-state index in [0.717, 1.165) is 40.2 Å². The van der Waals surface area contributed by atoms with Crippen molar-refractivity contribution < 1.29 is 5.11 Å². The van der Waals surface area contributed by atoms with Crippen LogP contribution in [0, 0.1) is 6.92 Å². The van der Waals surface area contributed by atoms with Gasteiger partial charge in [-0.25, -0.2) is 0 Å². The summed E-state index contributed by atoms with van der Waals surface area (Å²) in [5, 5.41) is 9.99. The number of pyridine rings is 1. The molecule has 0 aliphatic carbocycles. The number of aromatic nitrogens is 1. The highest BCUT2D eigenvalue weighted by atomic mass is 79.9. The Morgan fingerprint density at radius 2 is 2.05 bits per heavy atom. The van der Waals surface area contributed by atoms with Gasteiger partial charge < -0.3 is 10.0 Å². The average molecular weight is 349 g/mol. The first-order chi connectivity index (χ1) is 10.0. The molecule has 0 bridgehead atoms. The quantitative estimate of drug-likeness (QED) is 0.878. The number of halogens is 1. The minimum atomic E-state index is -0.493. The van der Waals surface area contributed by atoms with Crippen LogP contribution < -0.4 is 4.90 Å². The lowest BCUT2D eigenvalue weighted by molar-refractivity contribution is 0.199. The molecule has 0 radical (unpaired) electrons. The van der Waals surface area contributed by atoms with Gasteiger partial charge in [0.1, 0.15) is 0 Å². The van der Waals surface area contributed by atoms with E-state index in [0.29, 0.717) is 0 Å². The highest BCUT2D eigenvalue weighted by Crippen LogP contribution is 2.30. The van der Waals surface area contributed by atoms with E-state index in [2.05, 4.69) is 38.8 Å². The molecule has 21 heavy (non-hydrogen) atoms. The van der Waals surface area contributed by atoms with Gasteiger partial charge in [-0.2, -0.15) is 0 Å². The fourth-order valence-corrected chi connectivity index (χ4v) is 2.74. The van der Waals surface area contributed by atoms with Gasteiger partial charge in [0.2, 0.25) is 0 Å². The fourth-order valence-electron chi connectivity index (χ4n) is 2.39. The molecule has 0 saturated heterocycles. The molecule has 0 aliphatic rings. The summed E-state index contributed by atoms with van der Waals surface area (Å²) in [6, 6.07) is 12.1. The molecule has 1 aromatic carbocycles. The molecule has 0 saturated carbocycles. The predicted octanol–water partition coefficient (Wildman–Crippen LogP) is 4.23. The van der Waals surface area contributed by atoms with E-state index >= 15 is 0 Å². The standard InChI is InChI=1S/C17H21BrN2O/c1-4-20(11-15-7-5-6-12(2)19-15)17-10-14(18)8-9-16(17)13(3)21/h5-10,13,21H,4,11H2,1-3H3. The van der Waals surface area contributed by atoms with E-state index in [4.69, 9.17) is 0 Å². The Hall–Kier alpha value is -1.39. The van der Waals surface area contributed by atoms with Gasteiger partial charge in [0.25, 0.3) is 0 Å². The van der Waals surface area contributed by atoms with Crippen LogP contribution in [0.25, 0.3) is 0 Å². The molecule has 3 nitrogen and oxygen atoms in total. The molecule has 2 rings (SSSR count). The van der Waals surface area contributed by atoms with Crippen LogP contribution in [-0.2, 0) is 6.54 Å². The highest BCUT2D eigenvalue weighted by Gasteiger charge is 2.14. The number of hydrogen-bond donors (Lipinski definition) is 1. The number of hydrogen-bond acceptors (Lipinski definition) is 3. The number of aliphatic hydroxyl groups is 1. The van der Waals surface area contributed by atoms with Crippen LogP contribution in [0.5, 0.6) is 0 Å². The highest BCUT2D eigenvalue weighted by molar-refractivity contribution is 9.10. The first-order valence-electron chi connectivity index (χ1n) is 7.16. The van der Waals surface area contributed by atoms with Crippen LogP contribution >= 0.6 is 15.9 Å². The van der Waals surface area contributed by atoms with Crippen LogP contribution in [0.4, 0.5) is 5.69 Å². The summed E-state index contributed by atoms with van der Waals surface area (Å²) in [6.45, 7) is 7.49. The second-order valence-corrected chi connectivity index (χ2v) is 6.08. The van der Waals surface area contributed by atoms with Crippen molar-refractivity contribution in [3.8, 4) is 0 Å². The van der Waals surface area contributed by atoms with Crippen molar-refractivity contribution in [2.24, 2.45) is 0 Å². The zero-order valence-corrected chi connectivity index (χ0v) is 14.3. The van der Waals surface area contributed by atoms with Gasteiger partial charge in [0.15, 0.2) is 0 Å². The third-order valence-corrected chi connectivity index (χ3v) is 3.96. The summed E-state index contributed by atoms with van der Waals surface area (Å²) >= 11 is 3.52. The third kappa shape index (κ3) is 4.05. The van der Waals surface area contributed by atoms with Crippen molar-refractivity contribution in [3.05, 3.63) is 57.8 Å². The maximum atomic E-state index is 9.99. The van der Waals surface area contributed by atoms with Gasteiger partial charge in [0, 0.05) is 28.0 Å². The van der Waals surface area contributed by atoms with Gasteiger partial charge in [0.05, 0.1) is 18.3 Å². The van der Waals surface area contributed by atoms with E-state index in [1.165, 1.54) is 0 Å². The monoisotopic (exact) mass is 348 g/mol. The van der Waals surface area contributed by atoms with Gasteiger partial charge in [-0.3, -0.25) is 4.98 Å². The number of aryl methyl sites for hydroxylation is 1. The molecule has 1 unspecified atom stereocenters. The smallest absolute Gasteiger partial charge is 0.0782 e. The minimum Gasteiger partial charge on any atom is -0.389 e. The summed E-state index contributed by atoms with van der Waals surface area (Å²) in [7, 11) is 0. The Morgan fingerprint density at radius 3 is 2.67 bits per heavy atom. The molecule has 1 aromatic heterocycles. The zero-order valence-electron chi connectivity index (χ0n) is 12.7. The molecule has 1 atom stereocenters. The molecular weight excluding hydrogens is 328 g/mol. The summed E-state index contributed by atoms with van der Waals surface area (Å²) < 4.78 is 1.01. The minimum absolute atomic E-state index is 0.493. The normalized spacial score (nSPS) is 12.2. The van der Waals surface area contributed by atoms with Crippen molar-refractivity contribution in [1.82, 2.24) is 4.98 Å². The first kappa shape index (κ1) is 16.0. The van der Waals surface area contributed by atoms with Crippen molar-refractivity contribution in [2.45, 2.75) is 33.4 Å². The molecule has 1 N–H and O–H groups in total. The summed E-state index contributed by atoms with van der Waals surface area (Å²) in [5.74, 6) is 0. The lowest BCUT2D eigenvalue weighted by Crippen LogP contribution is -2.24. The third-order valence-electron chi connectivity index (χ3n) is 3.46. The predicted molar refractivity (Wildman–Crippen MR) is 90.5 cm³/mol. The van der Waals surface area contributed by atoms with Crippen molar-refractivity contribution >= 4 is 21.6 Å². The van der Waals surface area contributed by atoms with Gasteiger partial charge in [-0.05, 0) is 45.0 Å². The van der Waals surface area contributed by atoms with Gasteiger partial charge in [-0.15, -0.1) is 0 Å². The lowest BCUT2D eigenvalue weighted by atomic mass is 10.1. The van der Waals surface area contributed by atoms with E-state index in [1.807, 2.05) is 37.3 Å². The largest absolute Gasteiger partial charge is 0.389 e. The van der Waals surface area contributed by atoms with Crippen LogP contribution in [0.1, 0.15) is 36.9 Å². The van der Waals surface area contributed by atoms with Crippen LogP contribution in [0.15, 0.2) is 40.9 Å². The fraction of sp³-hybridized carbons (Fsp3) is 0.353. The molecule has 0 amide bonds. The van der Waals surface area contributed by atoms with E-state index < -0.39 is 6.10 Å². The molecule has 4 heteroatoms. The second-order valence-electron chi connectivity index (χ2n) is 5.16. The van der Waals surface area contributed by atoms with Crippen molar-refractivity contribution in [2.75, 3.05) is 11.4 Å². The van der Waals surface area contributed by atoms with Crippen LogP contribution in [-0.4, -0.2) is 16.6 Å². The maximum Gasteiger partial charge on any atom is 0.0782 e. The number of rotatable bonds is 5. The molecule has 1 heterocycles.